The molecule has 180 valence electrons. The van der Waals surface area contributed by atoms with Crippen molar-refractivity contribution < 1.29 is 22.7 Å². The molecule has 1 aliphatic rings. The molecule has 0 spiro atoms. The third-order valence-electron chi connectivity index (χ3n) is 5.16. The van der Waals surface area contributed by atoms with Crippen LogP contribution in [0, 0.1) is 5.92 Å². The van der Waals surface area contributed by atoms with E-state index in [0.717, 1.165) is 18.4 Å². The molecule has 0 aliphatic carbocycles. The summed E-state index contributed by atoms with van der Waals surface area (Å²) in [6.45, 7) is 7.48. The fraction of sp³-hybridized carbons (Fsp3) is 0.524. The number of nitrogens with one attached hydrogen (secondary N) is 1. The number of carbonyl (C=O) groups is 2. The number of nitrogens with two attached hydrogens (primary N) is 1. The highest BCUT2D eigenvalue weighted by Crippen LogP contribution is 2.19. The first kappa shape index (κ1) is 24.6. The molecule has 1 saturated heterocycles. The summed E-state index contributed by atoms with van der Waals surface area (Å²) in [6.07, 6.45) is 2.64. The lowest BCUT2D eigenvalue weighted by Gasteiger charge is -2.33. The van der Waals surface area contributed by atoms with Gasteiger partial charge in [0.1, 0.15) is 5.60 Å². The predicted octanol–water partition coefficient (Wildman–Crippen LogP) is 1.35. The van der Waals surface area contributed by atoms with Gasteiger partial charge in [-0.05, 0) is 57.2 Å². The first-order valence-electron chi connectivity index (χ1n) is 10.7. The van der Waals surface area contributed by atoms with E-state index in [9.17, 15) is 18.0 Å². The van der Waals surface area contributed by atoms with Crippen LogP contribution in [0.1, 0.15) is 49.7 Å². The fourth-order valence-electron chi connectivity index (χ4n) is 3.40. The Hall–Kier alpha value is -2.99. The summed E-state index contributed by atoms with van der Waals surface area (Å²) in [6, 6.07) is 6.06. The molecule has 0 unspecified atom stereocenters. The van der Waals surface area contributed by atoms with Gasteiger partial charge in [-0.15, -0.1) is 5.10 Å². The molecule has 12 heteroatoms. The maximum atomic E-state index is 12.4. The van der Waals surface area contributed by atoms with E-state index in [-0.39, 0.29) is 35.1 Å². The van der Waals surface area contributed by atoms with Gasteiger partial charge in [-0.25, -0.2) is 18.4 Å². The Morgan fingerprint density at radius 3 is 2.39 bits per heavy atom. The zero-order valence-corrected chi connectivity index (χ0v) is 19.8. The lowest BCUT2D eigenvalue weighted by atomic mass is 9.97. The summed E-state index contributed by atoms with van der Waals surface area (Å²) in [4.78, 5) is 27.7. The van der Waals surface area contributed by atoms with E-state index < -0.39 is 15.6 Å². The van der Waals surface area contributed by atoms with Crippen LogP contribution in [-0.4, -0.2) is 65.5 Å². The second kappa shape index (κ2) is 9.87. The molecule has 1 aromatic carbocycles. The maximum absolute atomic E-state index is 12.4. The Balaban J connectivity index is 1.45. The van der Waals surface area contributed by atoms with Gasteiger partial charge < -0.3 is 15.0 Å². The average molecular weight is 479 g/mol. The zero-order chi connectivity index (χ0) is 24.2. The van der Waals surface area contributed by atoms with E-state index in [2.05, 4.69) is 15.5 Å². The highest BCUT2D eigenvalue weighted by molar-refractivity contribution is 7.89. The molecule has 2 aromatic rings. The van der Waals surface area contributed by atoms with Gasteiger partial charge in [0.2, 0.25) is 10.0 Å². The van der Waals surface area contributed by atoms with Crippen LogP contribution in [0.3, 0.4) is 0 Å². The molecule has 33 heavy (non-hydrogen) atoms. The number of rotatable bonds is 6. The van der Waals surface area contributed by atoms with Crippen molar-refractivity contribution >= 4 is 22.0 Å². The summed E-state index contributed by atoms with van der Waals surface area (Å²) in [7, 11) is -3.75. The standard InChI is InChI=1S/C21H30N6O5S/c1-21(2,3)32-20(29)26-10-8-15(9-11-26)12-23-19(28)18-13-24-27(25-18)14-16-4-6-17(7-5-16)33(22,30)31/h4-7,13,15H,8-12,14H2,1-3H3,(H,23,28)(H2,22,30,31). The Labute approximate surface area is 193 Å². The number of benzene rings is 1. The quantitative estimate of drug-likeness (QED) is 0.636. The number of carbonyl (C=O) groups excluding carboxylic acids is 2. The molecule has 3 rings (SSSR count). The van der Waals surface area contributed by atoms with Crippen molar-refractivity contribution in [1.29, 1.82) is 0 Å². The molecule has 0 bridgehead atoms. The van der Waals surface area contributed by atoms with E-state index >= 15 is 0 Å². The van der Waals surface area contributed by atoms with Gasteiger partial charge in [0.15, 0.2) is 5.69 Å². The SMILES string of the molecule is CC(C)(C)OC(=O)N1CCC(CNC(=O)c2cnn(Cc3ccc(S(N)(=O)=O)cc3)n2)CC1. The minimum Gasteiger partial charge on any atom is -0.444 e. The largest absolute Gasteiger partial charge is 0.444 e. The number of ether oxygens (including phenoxy) is 1. The van der Waals surface area contributed by atoms with Gasteiger partial charge in [-0.2, -0.15) is 9.90 Å². The Morgan fingerprint density at radius 2 is 1.82 bits per heavy atom. The number of piperidine rings is 1. The maximum Gasteiger partial charge on any atom is 0.410 e. The Kier molecular flexibility index (Phi) is 7.38. The summed E-state index contributed by atoms with van der Waals surface area (Å²) in [5.41, 5.74) is 0.442. The third kappa shape index (κ3) is 7.26. The van der Waals surface area contributed by atoms with Gasteiger partial charge >= 0.3 is 6.09 Å². The van der Waals surface area contributed by atoms with Gasteiger partial charge in [0.05, 0.1) is 17.6 Å². The molecular formula is C21H30N6O5S. The van der Waals surface area contributed by atoms with Crippen molar-refractivity contribution in [1.82, 2.24) is 25.2 Å². The van der Waals surface area contributed by atoms with Crippen LogP contribution in [0.15, 0.2) is 35.4 Å². The topological polar surface area (TPSA) is 150 Å². The Morgan fingerprint density at radius 1 is 1.18 bits per heavy atom. The molecule has 1 aromatic heterocycles. The van der Waals surface area contributed by atoms with Gasteiger partial charge in [-0.1, -0.05) is 12.1 Å². The summed E-state index contributed by atoms with van der Waals surface area (Å²) in [5, 5.41) is 16.3. The highest BCUT2D eigenvalue weighted by Gasteiger charge is 2.27. The number of aromatic nitrogens is 3. The number of amides is 2. The van der Waals surface area contributed by atoms with E-state index in [1.54, 1.807) is 17.0 Å². The molecular weight excluding hydrogens is 448 g/mol. The van der Waals surface area contributed by atoms with Crippen LogP contribution in [0.25, 0.3) is 0 Å². The van der Waals surface area contributed by atoms with Crippen LogP contribution in [0.2, 0.25) is 0 Å². The smallest absolute Gasteiger partial charge is 0.410 e. The van der Waals surface area contributed by atoms with Gasteiger partial charge in [0.25, 0.3) is 5.91 Å². The van der Waals surface area contributed by atoms with Crippen LogP contribution >= 0.6 is 0 Å². The number of nitrogens with zero attached hydrogens (tertiary/aromatic N) is 4. The molecule has 0 radical (unpaired) electrons. The molecule has 1 fully saturated rings. The zero-order valence-electron chi connectivity index (χ0n) is 19.0. The van der Waals surface area contributed by atoms with Crippen LogP contribution in [0.4, 0.5) is 4.79 Å². The first-order valence-corrected chi connectivity index (χ1v) is 12.2. The predicted molar refractivity (Wildman–Crippen MR) is 120 cm³/mol. The lowest BCUT2D eigenvalue weighted by molar-refractivity contribution is 0.0183. The van der Waals surface area contributed by atoms with E-state index in [1.165, 1.54) is 23.1 Å². The van der Waals surface area contributed by atoms with Crippen molar-refractivity contribution in [2.75, 3.05) is 19.6 Å². The van der Waals surface area contributed by atoms with Crippen LogP contribution in [0.5, 0.6) is 0 Å². The number of hydrogen-bond donors (Lipinski definition) is 2. The second-order valence-corrected chi connectivity index (χ2v) is 10.6. The molecule has 0 saturated carbocycles. The monoisotopic (exact) mass is 478 g/mol. The molecule has 3 N–H and O–H groups in total. The van der Waals surface area contributed by atoms with Crippen molar-refractivity contribution in [3.05, 3.63) is 41.7 Å². The Bertz CT molecular complexity index is 1080. The molecule has 1 aliphatic heterocycles. The van der Waals surface area contributed by atoms with Crippen molar-refractivity contribution in [3.8, 4) is 0 Å². The summed E-state index contributed by atoms with van der Waals surface area (Å²) >= 11 is 0. The summed E-state index contributed by atoms with van der Waals surface area (Å²) < 4.78 is 28.1. The molecule has 2 heterocycles. The fourth-order valence-corrected chi connectivity index (χ4v) is 3.91. The van der Waals surface area contributed by atoms with Gasteiger partial charge in [-0.3, -0.25) is 4.79 Å². The van der Waals surface area contributed by atoms with E-state index in [0.29, 0.717) is 19.6 Å². The van der Waals surface area contributed by atoms with Gasteiger partial charge in [0, 0.05) is 19.6 Å². The highest BCUT2D eigenvalue weighted by atomic mass is 32.2. The molecule has 2 amide bonds. The number of hydrogen-bond acceptors (Lipinski definition) is 7. The third-order valence-corrected chi connectivity index (χ3v) is 6.09. The van der Waals surface area contributed by atoms with Crippen molar-refractivity contribution in [2.24, 2.45) is 11.1 Å². The minimum atomic E-state index is -3.75. The lowest BCUT2D eigenvalue weighted by Crippen LogP contribution is -2.43. The average Bonchev–Trinajstić information content (AvgIpc) is 3.19. The minimum absolute atomic E-state index is 0.0247. The normalized spacial score (nSPS) is 15.3. The second-order valence-electron chi connectivity index (χ2n) is 9.07. The van der Waals surface area contributed by atoms with E-state index in [1.807, 2.05) is 20.8 Å². The molecule has 0 atom stereocenters. The molecule has 11 nitrogen and oxygen atoms in total. The van der Waals surface area contributed by atoms with E-state index in [4.69, 9.17) is 9.88 Å². The number of sulfonamides is 1. The van der Waals surface area contributed by atoms with Crippen molar-refractivity contribution in [2.45, 2.75) is 50.7 Å². The number of primary sulfonamides is 1. The number of likely N-dealkylation sites (tertiary alicyclic amines) is 1. The first-order chi connectivity index (χ1) is 15.4. The summed E-state index contributed by atoms with van der Waals surface area (Å²) in [5.74, 6) is -0.0552. The van der Waals surface area contributed by atoms with Crippen LogP contribution < -0.4 is 10.5 Å². The van der Waals surface area contributed by atoms with Crippen LogP contribution in [-0.2, 0) is 21.3 Å². The van der Waals surface area contributed by atoms with Crippen molar-refractivity contribution in [3.63, 3.8) is 0 Å².